The predicted molar refractivity (Wildman–Crippen MR) is 128 cm³/mol. The van der Waals surface area contributed by atoms with Crippen molar-refractivity contribution in [2.75, 3.05) is 38.2 Å². The molecule has 2 heterocycles. The lowest BCUT2D eigenvalue weighted by atomic mass is 10.1. The summed E-state index contributed by atoms with van der Waals surface area (Å²) in [6.07, 6.45) is 0. The number of anilines is 1. The molecule has 0 bridgehead atoms. The summed E-state index contributed by atoms with van der Waals surface area (Å²) >= 11 is 0. The van der Waals surface area contributed by atoms with E-state index in [1.54, 1.807) is 37.4 Å². The number of rotatable bonds is 6. The van der Waals surface area contributed by atoms with Gasteiger partial charge in [-0.3, -0.25) is 10.00 Å². The van der Waals surface area contributed by atoms with Gasteiger partial charge < -0.3 is 9.64 Å². The van der Waals surface area contributed by atoms with Crippen molar-refractivity contribution in [1.82, 2.24) is 15.1 Å². The summed E-state index contributed by atoms with van der Waals surface area (Å²) < 4.78 is 32.1. The minimum Gasteiger partial charge on any atom is -0.495 e. The van der Waals surface area contributed by atoms with Crippen molar-refractivity contribution >= 4 is 26.4 Å². The van der Waals surface area contributed by atoms with E-state index in [0.29, 0.717) is 16.7 Å². The Morgan fingerprint density at radius 2 is 1.61 bits per heavy atom. The number of ether oxygens (including phenoxy) is 1. The molecule has 5 rings (SSSR count). The number of fused-ring (bicyclic) bond motifs is 1. The number of aromatic amines is 1. The first-order valence-corrected chi connectivity index (χ1v) is 12.4. The summed E-state index contributed by atoms with van der Waals surface area (Å²) in [6, 6.07) is 22.6. The zero-order chi connectivity index (χ0) is 22.8. The van der Waals surface area contributed by atoms with Crippen molar-refractivity contribution in [3.8, 4) is 5.75 Å². The number of benzene rings is 3. The molecule has 0 unspecified atom stereocenters. The van der Waals surface area contributed by atoms with Crippen LogP contribution in [-0.4, -0.2) is 56.8 Å². The third-order valence-corrected chi connectivity index (χ3v) is 7.81. The number of sulfone groups is 1. The van der Waals surface area contributed by atoms with Gasteiger partial charge in [-0.15, -0.1) is 0 Å². The third kappa shape index (κ3) is 4.19. The number of nitrogens with zero attached hydrogens (tertiary/aromatic N) is 3. The first-order valence-electron chi connectivity index (χ1n) is 10.9. The van der Waals surface area contributed by atoms with Crippen molar-refractivity contribution in [2.24, 2.45) is 0 Å². The average Bonchev–Trinajstić information content (AvgIpc) is 3.29. The van der Waals surface area contributed by atoms with E-state index in [-0.39, 0.29) is 9.92 Å². The Kier molecular flexibility index (Phi) is 5.78. The lowest BCUT2D eigenvalue weighted by Gasteiger charge is -2.36. The summed E-state index contributed by atoms with van der Waals surface area (Å²) in [7, 11) is -2.11. The molecule has 170 valence electrons. The van der Waals surface area contributed by atoms with E-state index in [9.17, 15) is 8.42 Å². The fourth-order valence-electron chi connectivity index (χ4n) is 4.32. The van der Waals surface area contributed by atoms with Gasteiger partial charge in [-0.25, -0.2) is 8.42 Å². The van der Waals surface area contributed by atoms with Gasteiger partial charge in [0.2, 0.25) is 9.84 Å². The predicted octanol–water partition coefficient (Wildman–Crippen LogP) is 3.73. The maximum absolute atomic E-state index is 13.2. The highest BCUT2D eigenvalue weighted by Gasteiger charge is 2.26. The van der Waals surface area contributed by atoms with Gasteiger partial charge >= 0.3 is 0 Å². The number of piperazine rings is 1. The van der Waals surface area contributed by atoms with Crippen LogP contribution in [0.1, 0.15) is 5.56 Å². The minimum atomic E-state index is -3.74. The van der Waals surface area contributed by atoms with Gasteiger partial charge in [0.05, 0.1) is 23.2 Å². The largest absolute Gasteiger partial charge is 0.495 e. The van der Waals surface area contributed by atoms with Gasteiger partial charge in [-0.1, -0.05) is 48.5 Å². The van der Waals surface area contributed by atoms with E-state index in [2.05, 4.69) is 44.3 Å². The maximum atomic E-state index is 13.2. The highest BCUT2D eigenvalue weighted by molar-refractivity contribution is 7.91. The fraction of sp³-hybridized carbons (Fsp3) is 0.240. The van der Waals surface area contributed by atoms with Crippen molar-refractivity contribution in [3.63, 3.8) is 0 Å². The Labute approximate surface area is 193 Å². The SMILES string of the molecule is COc1cc2[nH]nc(S(=O)(=O)c3ccccc3)c2cc1N1CCN(Cc2ccccc2)CC1. The van der Waals surface area contributed by atoms with E-state index in [4.69, 9.17) is 4.74 Å². The fourth-order valence-corrected chi connectivity index (χ4v) is 5.69. The van der Waals surface area contributed by atoms with Crippen LogP contribution >= 0.6 is 0 Å². The smallest absolute Gasteiger partial charge is 0.226 e. The average molecular weight is 463 g/mol. The molecule has 1 N–H and O–H groups in total. The Morgan fingerprint density at radius 3 is 2.27 bits per heavy atom. The van der Waals surface area contributed by atoms with Gasteiger partial charge in [0, 0.05) is 44.2 Å². The molecule has 0 aliphatic carbocycles. The second-order valence-corrected chi connectivity index (χ2v) is 10.0. The van der Waals surface area contributed by atoms with Gasteiger partial charge in [-0.05, 0) is 23.8 Å². The van der Waals surface area contributed by atoms with Gasteiger partial charge in [0.1, 0.15) is 5.75 Å². The van der Waals surface area contributed by atoms with E-state index in [1.807, 2.05) is 18.2 Å². The number of hydrogen-bond acceptors (Lipinski definition) is 6. The summed E-state index contributed by atoms with van der Waals surface area (Å²) in [6.45, 7) is 4.40. The second-order valence-electron chi connectivity index (χ2n) is 8.16. The molecule has 0 spiro atoms. The van der Waals surface area contributed by atoms with Crippen LogP contribution in [0, 0.1) is 0 Å². The molecule has 8 heteroatoms. The second kappa shape index (κ2) is 8.88. The van der Waals surface area contributed by atoms with Crippen LogP contribution in [0.2, 0.25) is 0 Å². The molecule has 1 aliphatic heterocycles. The molecule has 3 aromatic carbocycles. The van der Waals surface area contributed by atoms with Crippen LogP contribution in [-0.2, 0) is 16.4 Å². The number of methoxy groups -OCH3 is 1. The number of nitrogens with one attached hydrogen (secondary N) is 1. The van der Waals surface area contributed by atoms with Crippen LogP contribution < -0.4 is 9.64 Å². The van der Waals surface area contributed by atoms with Crippen LogP contribution in [0.3, 0.4) is 0 Å². The topological polar surface area (TPSA) is 78.5 Å². The summed E-state index contributed by atoms with van der Waals surface area (Å²) in [5, 5.41) is 7.64. The number of hydrogen-bond donors (Lipinski definition) is 1. The minimum absolute atomic E-state index is 0.0373. The molecule has 4 aromatic rings. The Morgan fingerprint density at radius 1 is 0.939 bits per heavy atom. The third-order valence-electron chi connectivity index (χ3n) is 6.10. The first-order chi connectivity index (χ1) is 16.1. The van der Waals surface area contributed by atoms with E-state index in [0.717, 1.165) is 38.4 Å². The zero-order valence-electron chi connectivity index (χ0n) is 18.4. The van der Waals surface area contributed by atoms with E-state index >= 15 is 0 Å². The molecular formula is C25H26N4O3S. The summed E-state index contributed by atoms with van der Waals surface area (Å²) in [4.78, 5) is 4.91. The summed E-state index contributed by atoms with van der Waals surface area (Å²) in [5.74, 6) is 0.700. The standard InChI is InChI=1S/C25H26N4O3S/c1-32-24-17-22-21(25(27-26-22)33(30,31)20-10-6-3-7-11-20)16-23(24)29-14-12-28(13-15-29)18-19-8-4-2-5-9-19/h2-11,16-17H,12-15,18H2,1H3,(H,26,27). The zero-order valence-corrected chi connectivity index (χ0v) is 19.3. The van der Waals surface area contributed by atoms with E-state index < -0.39 is 9.84 Å². The Hall–Kier alpha value is -3.36. The molecule has 1 aliphatic rings. The van der Waals surface area contributed by atoms with E-state index in [1.165, 1.54) is 5.56 Å². The van der Waals surface area contributed by atoms with Crippen molar-refractivity contribution in [2.45, 2.75) is 16.5 Å². The van der Waals surface area contributed by atoms with Gasteiger partial charge in [-0.2, -0.15) is 5.10 Å². The molecule has 33 heavy (non-hydrogen) atoms. The molecular weight excluding hydrogens is 436 g/mol. The number of aromatic nitrogens is 2. The lowest BCUT2D eigenvalue weighted by Crippen LogP contribution is -2.46. The highest BCUT2D eigenvalue weighted by atomic mass is 32.2. The molecule has 1 fully saturated rings. The Balaban J connectivity index is 1.43. The van der Waals surface area contributed by atoms with Crippen LogP contribution in [0.4, 0.5) is 5.69 Å². The van der Waals surface area contributed by atoms with Gasteiger partial charge in [0.25, 0.3) is 0 Å². The van der Waals surface area contributed by atoms with Crippen molar-refractivity contribution < 1.29 is 13.2 Å². The molecule has 0 radical (unpaired) electrons. The first kappa shape index (κ1) is 21.5. The van der Waals surface area contributed by atoms with Crippen molar-refractivity contribution in [1.29, 1.82) is 0 Å². The highest BCUT2D eigenvalue weighted by Crippen LogP contribution is 2.36. The quantitative estimate of drug-likeness (QED) is 0.471. The molecule has 1 saturated heterocycles. The monoisotopic (exact) mass is 462 g/mol. The lowest BCUT2D eigenvalue weighted by molar-refractivity contribution is 0.249. The molecule has 1 aromatic heterocycles. The maximum Gasteiger partial charge on any atom is 0.226 e. The molecule has 0 atom stereocenters. The van der Waals surface area contributed by atoms with Crippen molar-refractivity contribution in [3.05, 3.63) is 78.4 Å². The molecule has 0 saturated carbocycles. The molecule has 7 nitrogen and oxygen atoms in total. The van der Waals surface area contributed by atoms with Crippen LogP contribution in [0.5, 0.6) is 5.75 Å². The molecule has 0 amide bonds. The normalized spacial score (nSPS) is 15.1. The number of H-pyrrole nitrogens is 1. The van der Waals surface area contributed by atoms with Gasteiger partial charge in [0.15, 0.2) is 5.03 Å². The van der Waals surface area contributed by atoms with Crippen LogP contribution in [0.25, 0.3) is 10.9 Å². The Bertz CT molecular complexity index is 1350. The van der Waals surface area contributed by atoms with Crippen LogP contribution in [0.15, 0.2) is 82.7 Å². The summed E-state index contributed by atoms with van der Waals surface area (Å²) in [5.41, 5.74) is 2.82.